The second-order valence-electron chi connectivity index (χ2n) is 8.30. The van der Waals surface area contributed by atoms with Crippen LogP contribution in [0.25, 0.3) is 16.7 Å². The number of hydrogen-bond donors (Lipinski definition) is 0. The third-order valence-electron chi connectivity index (χ3n) is 5.65. The van der Waals surface area contributed by atoms with E-state index in [-0.39, 0.29) is 11.5 Å². The summed E-state index contributed by atoms with van der Waals surface area (Å²) in [5.74, 6) is 0.421. The minimum absolute atomic E-state index is 0.117. The Balaban J connectivity index is 1.44. The van der Waals surface area contributed by atoms with E-state index in [4.69, 9.17) is 18.9 Å². The summed E-state index contributed by atoms with van der Waals surface area (Å²) >= 11 is 0. The molecule has 0 atom stereocenters. The first-order chi connectivity index (χ1) is 19.0. The highest BCUT2D eigenvalue weighted by Crippen LogP contribution is 2.30. The van der Waals surface area contributed by atoms with Crippen molar-refractivity contribution >= 4 is 23.0 Å². The summed E-state index contributed by atoms with van der Waals surface area (Å²) in [7, 11) is 0. The summed E-state index contributed by atoms with van der Waals surface area (Å²) in [5, 5.41) is 8.99. The summed E-state index contributed by atoms with van der Waals surface area (Å²) in [5.41, 5.74) is 2.40. The van der Waals surface area contributed by atoms with Crippen molar-refractivity contribution in [2.24, 2.45) is 0 Å². The quantitative estimate of drug-likeness (QED) is 0.180. The Morgan fingerprint density at radius 1 is 0.641 bits per heavy atom. The fourth-order valence-electron chi connectivity index (χ4n) is 3.80. The molecule has 1 aromatic heterocycles. The molecule has 0 radical (unpaired) electrons. The van der Waals surface area contributed by atoms with Crippen molar-refractivity contribution in [1.82, 2.24) is 15.0 Å². The van der Waals surface area contributed by atoms with E-state index in [1.807, 2.05) is 38.1 Å². The number of nitrogens with zero attached hydrogens (tertiary/aromatic N) is 3. The van der Waals surface area contributed by atoms with E-state index in [9.17, 15) is 9.59 Å². The predicted molar refractivity (Wildman–Crippen MR) is 144 cm³/mol. The van der Waals surface area contributed by atoms with Crippen LogP contribution in [-0.2, 0) is 0 Å². The lowest BCUT2D eigenvalue weighted by molar-refractivity contribution is 0.0732. The van der Waals surface area contributed by atoms with Crippen molar-refractivity contribution in [2.75, 3.05) is 13.2 Å². The number of esters is 2. The van der Waals surface area contributed by atoms with Crippen LogP contribution < -0.4 is 18.9 Å². The molecule has 0 saturated carbocycles. The summed E-state index contributed by atoms with van der Waals surface area (Å²) < 4.78 is 22.2. The predicted octanol–water partition coefficient (Wildman–Crippen LogP) is 5.66. The standard InChI is InChI=1S/C30H25N3O6/c1-3-36-22-13-9-20(10-14-22)29(34)38-24-17-18-27(33-31-25-7-5-6-8-26(25)32-33)28(19-24)39-30(35)21-11-15-23(16-12-21)37-4-2/h5-19H,3-4H2,1-2H3. The number of ether oxygens (including phenoxy) is 4. The molecule has 1 heterocycles. The Hall–Kier alpha value is -5.18. The van der Waals surface area contributed by atoms with Gasteiger partial charge in [-0.15, -0.1) is 15.0 Å². The minimum Gasteiger partial charge on any atom is -0.494 e. The molecule has 196 valence electrons. The van der Waals surface area contributed by atoms with Gasteiger partial charge in [0.1, 0.15) is 34.0 Å². The van der Waals surface area contributed by atoms with Crippen LogP contribution in [0.5, 0.6) is 23.0 Å². The lowest BCUT2D eigenvalue weighted by Crippen LogP contribution is -2.13. The number of benzene rings is 4. The molecule has 0 saturated heterocycles. The highest BCUT2D eigenvalue weighted by molar-refractivity contribution is 5.92. The number of carbonyl (C=O) groups excluding carboxylic acids is 2. The van der Waals surface area contributed by atoms with Gasteiger partial charge in [0.15, 0.2) is 5.75 Å². The zero-order valence-electron chi connectivity index (χ0n) is 21.4. The van der Waals surface area contributed by atoms with Gasteiger partial charge in [-0.3, -0.25) is 0 Å². The number of fused-ring (bicyclic) bond motifs is 1. The first-order valence-electron chi connectivity index (χ1n) is 12.4. The fourth-order valence-corrected chi connectivity index (χ4v) is 3.80. The van der Waals surface area contributed by atoms with Crippen LogP contribution in [0.4, 0.5) is 0 Å². The van der Waals surface area contributed by atoms with Gasteiger partial charge in [0.25, 0.3) is 0 Å². The highest BCUT2D eigenvalue weighted by Gasteiger charge is 2.18. The Kier molecular flexibility index (Phi) is 7.49. The van der Waals surface area contributed by atoms with Crippen molar-refractivity contribution in [3.63, 3.8) is 0 Å². The molecule has 0 N–H and O–H groups in total. The molecule has 9 heteroatoms. The van der Waals surface area contributed by atoms with Gasteiger partial charge in [-0.25, -0.2) is 9.59 Å². The maximum Gasteiger partial charge on any atom is 0.343 e. The van der Waals surface area contributed by atoms with Gasteiger partial charge < -0.3 is 18.9 Å². The number of hydrogen-bond acceptors (Lipinski definition) is 8. The molecule has 0 spiro atoms. The van der Waals surface area contributed by atoms with Crippen molar-refractivity contribution in [3.05, 3.63) is 102 Å². The van der Waals surface area contributed by atoms with Crippen LogP contribution in [0, 0.1) is 0 Å². The Morgan fingerprint density at radius 3 is 1.64 bits per heavy atom. The molecule has 5 aromatic rings. The van der Waals surface area contributed by atoms with Gasteiger partial charge in [-0.05, 0) is 86.6 Å². The molecule has 0 fully saturated rings. The second kappa shape index (κ2) is 11.5. The maximum absolute atomic E-state index is 13.0. The van der Waals surface area contributed by atoms with Gasteiger partial charge in [0.2, 0.25) is 0 Å². The van der Waals surface area contributed by atoms with E-state index < -0.39 is 11.9 Å². The van der Waals surface area contributed by atoms with Crippen LogP contribution in [0.2, 0.25) is 0 Å². The molecular weight excluding hydrogens is 498 g/mol. The smallest absolute Gasteiger partial charge is 0.343 e. The van der Waals surface area contributed by atoms with Gasteiger partial charge in [-0.1, -0.05) is 12.1 Å². The van der Waals surface area contributed by atoms with Crippen LogP contribution >= 0.6 is 0 Å². The second-order valence-corrected chi connectivity index (χ2v) is 8.30. The molecule has 5 rings (SSSR count). The van der Waals surface area contributed by atoms with Crippen molar-refractivity contribution in [3.8, 4) is 28.7 Å². The number of carbonyl (C=O) groups is 2. The molecule has 0 bridgehead atoms. The third kappa shape index (κ3) is 5.88. The van der Waals surface area contributed by atoms with E-state index in [1.165, 1.54) is 10.9 Å². The van der Waals surface area contributed by atoms with Gasteiger partial charge in [0.05, 0.1) is 24.3 Å². The van der Waals surface area contributed by atoms with Gasteiger partial charge in [-0.2, -0.15) is 0 Å². The topological polar surface area (TPSA) is 102 Å². The summed E-state index contributed by atoms with van der Waals surface area (Å²) in [6.45, 7) is 4.80. The van der Waals surface area contributed by atoms with Crippen LogP contribution in [-0.4, -0.2) is 40.1 Å². The highest BCUT2D eigenvalue weighted by atomic mass is 16.5. The first kappa shape index (κ1) is 25.5. The lowest BCUT2D eigenvalue weighted by atomic mass is 10.2. The summed E-state index contributed by atoms with van der Waals surface area (Å²) in [6.07, 6.45) is 0. The van der Waals surface area contributed by atoms with Crippen molar-refractivity contribution in [2.45, 2.75) is 13.8 Å². The van der Waals surface area contributed by atoms with Crippen LogP contribution in [0.15, 0.2) is 91.0 Å². The van der Waals surface area contributed by atoms with E-state index in [2.05, 4.69) is 10.2 Å². The molecule has 0 aliphatic heterocycles. The molecular formula is C30H25N3O6. The average Bonchev–Trinajstić information content (AvgIpc) is 3.38. The van der Waals surface area contributed by atoms with E-state index in [0.717, 1.165) is 0 Å². The monoisotopic (exact) mass is 523 g/mol. The summed E-state index contributed by atoms with van der Waals surface area (Å²) in [4.78, 5) is 27.2. The van der Waals surface area contributed by atoms with E-state index in [1.54, 1.807) is 60.7 Å². The average molecular weight is 524 g/mol. The first-order valence-corrected chi connectivity index (χ1v) is 12.4. The van der Waals surface area contributed by atoms with Crippen LogP contribution in [0.3, 0.4) is 0 Å². The Labute approximate surface area is 224 Å². The number of aromatic nitrogens is 3. The number of rotatable bonds is 9. The SMILES string of the molecule is CCOc1ccc(C(=O)Oc2ccc(-n3nc4ccccc4n3)c(OC(=O)c3ccc(OCC)cc3)c2)cc1. The fraction of sp³-hybridized carbons (Fsp3) is 0.133. The molecule has 0 amide bonds. The third-order valence-corrected chi connectivity index (χ3v) is 5.65. The van der Waals surface area contributed by atoms with Gasteiger partial charge >= 0.3 is 11.9 Å². The lowest BCUT2D eigenvalue weighted by Gasteiger charge is -2.12. The van der Waals surface area contributed by atoms with Gasteiger partial charge in [0, 0.05) is 6.07 Å². The molecule has 0 unspecified atom stereocenters. The molecule has 4 aromatic carbocycles. The van der Waals surface area contributed by atoms with E-state index in [0.29, 0.717) is 52.6 Å². The maximum atomic E-state index is 13.0. The Morgan fingerprint density at radius 2 is 1.13 bits per heavy atom. The minimum atomic E-state index is -0.606. The van der Waals surface area contributed by atoms with E-state index >= 15 is 0 Å². The molecule has 0 aliphatic rings. The molecule has 0 aliphatic carbocycles. The zero-order chi connectivity index (χ0) is 27.2. The zero-order valence-corrected chi connectivity index (χ0v) is 21.4. The van der Waals surface area contributed by atoms with Crippen LogP contribution in [0.1, 0.15) is 34.6 Å². The van der Waals surface area contributed by atoms with Crippen molar-refractivity contribution in [1.29, 1.82) is 0 Å². The summed E-state index contributed by atoms with van der Waals surface area (Å²) in [6, 6.07) is 25.3. The molecule has 9 nitrogen and oxygen atoms in total. The molecule has 39 heavy (non-hydrogen) atoms. The normalized spacial score (nSPS) is 10.7. The Bertz CT molecular complexity index is 1580. The largest absolute Gasteiger partial charge is 0.494 e. The van der Waals surface area contributed by atoms with Crippen molar-refractivity contribution < 1.29 is 28.5 Å².